The number of rotatable bonds is 2. The summed E-state index contributed by atoms with van der Waals surface area (Å²) in [7, 11) is 0. The molecule has 0 radical (unpaired) electrons. The van der Waals surface area contributed by atoms with Crippen LogP contribution >= 0.6 is 0 Å². The molecular formula is C16H21NO. The Morgan fingerprint density at radius 3 is 2.61 bits per heavy atom. The average Bonchev–Trinajstić information content (AvgIpc) is 2.79. The number of ketones is 1. The van der Waals surface area contributed by atoms with Gasteiger partial charge in [0.15, 0.2) is 0 Å². The molecule has 1 unspecified atom stereocenters. The van der Waals surface area contributed by atoms with Crippen LogP contribution < -0.4 is 4.90 Å². The number of benzene rings is 1. The maximum absolute atomic E-state index is 11.8. The predicted molar refractivity (Wildman–Crippen MR) is 74.1 cm³/mol. The molecule has 1 aromatic rings. The molecule has 1 fully saturated rings. The van der Waals surface area contributed by atoms with E-state index in [4.69, 9.17) is 0 Å². The summed E-state index contributed by atoms with van der Waals surface area (Å²) in [5, 5.41) is 0. The van der Waals surface area contributed by atoms with Crippen molar-refractivity contribution in [1.29, 1.82) is 0 Å². The SMILES string of the molecule is CC(=O)C1CN(C2CCCCC2)c2ccccc21. The molecule has 1 aliphatic heterocycles. The molecule has 96 valence electrons. The molecule has 1 aromatic carbocycles. The van der Waals surface area contributed by atoms with Crippen LogP contribution in [-0.2, 0) is 4.79 Å². The summed E-state index contributed by atoms with van der Waals surface area (Å²) in [6, 6.07) is 9.12. The third kappa shape index (κ3) is 1.94. The van der Waals surface area contributed by atoms with E-state index in [1.54, 1.807) is 6.92 Å². The van der Waals surface area contributed by atoms with Gasteiger partial charge in [0, 0.05) is 18.3 Å². The van der Waals surface area contributed by atoms with Gasteiger partial charge in [-0.15, -0.1) is 0 Å². The molecule has 0 amide bonds. The third-order valence-corrected chi connectivity index (χ3v) is 4.51. The number of para-hydroxylation sites is 1. The van der Waals surface area contributed by atoms with Gasteiger partial charge in [0.1, 0.15) is 5.78 Å². The summed E-state index contributed by atoms with van der Waals surface area (Å²) in [6.45, 7) is 2.63. The number of nitrogens with zero attached hydrogens (tertiary/aromatic N) is 1. The lowest BCUT2D eigenvalue weighted by molar-refractivity contribution is -0.118. The Labute approximate surface area is 109 Å². The van der Waals surface area contributed by atoms with Gasteiger partial charge in [0.05, 0.1) is 5.92 Å². The zero-order valence-corrected chi connectivity index (χ0v) is 11.1. The van der Waals surface area contributed by atoms with E-state index in [2.05, 4.69) is 29.2 Å². The van der Waals surface area contributed by atoms with E-state index in [1.807, 2.05) is 0 Å². The van der Waals surface area contributed by atoms with Crippen molar-refractivity contribution in [2.24, 2.45) is 0 Å². The molecule has 1 atom stereocenters. The highest BCUT2D eigenvalue weighted by Gasteiger charge is 2.34. The van der Waals surface area contributed by atoms with Gasteiger partial charge >= 0.3 is 0 Å². The zero-order valence-electron chi connectivity index (χ0n) is 11.1. The van der Waals surface area contributed by atoms with Gasteiger partial charge < -0.3 is 4.90 Å². The van der Waals surface area contributed by atoms with E-state index in [0.29, 0.717) is 11.8 Å². The van der Waals surface area contributed by atoms with Gasteiger partial charge in [-0.05, 0) is 31.4 Å². The number of carbonyl (C=O) groups excluding carboxylic acids is 1. The minimum atomic E-state index is 0.100. The highest BCUT2D eigenvalue weighted by atomic mass is 16.1. The maximum atomic E-state index is 11.8. The van der Waals surface area contributed by atoms with E-state index in [9.17, 15) is 4.79 Å². The second-order valence-corrected chi connectivity index (χ2v) is 5.67. The van der Waals surface area contributed by atoms with Crippen LogP contribution in [-0.4, -0.2) is 18.4 Å². The van der Waals surface area contributed by atoms with Crippen LogP contribution in [0.25, 0.3) is 0 Å². The highest BCUT2D eigenvalue weighted by Crippen LogP contribution is 2.40. The van der Waals surface area contributed by atoms with E-state index < -0.39 is 0 Å². The Balaban J connectivity index is 1.91. The summed E-state index contributed by atoms with van der Waals surface area (Å²) in [5.41, 5.74) is 2.56. The van der Waals surface area contributed by atoms with Crippen molar-refractivity contribution in [3.8, 4) is 0 Å². The number of carbonyl (C=O) groups is 1. The van der Waals surface area contributed by atoms with Crippen LogP contribution in [0.3, 0.4) is 0 Å². The summed E-state index contributed by atoms with van der Waals surface area (Å²) >= 11 is 0. The van der Waals surface area contributed by atoms with Crippen LogP contribution in [0.2, 0.25) is 0 Å². The van der Waals surface area contributed by atoms with Gasteiger partial charge in [-0.2, -0.15) is 0 Å². The van der Waals surface area contributed by atoms with Crippen molar-refractivity contribution in [1.82, 2.24) is 0 Å². The zero-order chi connectivity index (χ0) is 12.5. The van der Waals surface area contributed by atoms with Crippen molar-refractivity contribution >= 4 is 11.5 Å². The van der Waals surface area contributed by atoms with Crippen molar-refractivity contribution < 1.29 is 4.79 Å². The second-order valence-electron chi connectivity index (χ2n) is 5.67. The van der Waals surface area contributed by atoms with Crippen molar-refractivity contribution in [3.63, 3.8) is 0 Å². The minimum Gasteiger partial charge on any atom is -0.367 e. The number of fused-ring (bicyclic) bond motifs is 1. The molecule has 0 bridgehead atoms. The third-order valence-electron chi connectivity index (χ3n) is 4.51. The Kier molecular flexibility index (Phi) is 3.11. The van der Waals surface area contributed by atoms with E-state index >= 15 is 0 Å². The molecule has 1 aliphatic carbocycles. The van der Waals surface area contributed by atoms with Gasteiger partial charge in [-0.3, -0.25) is 4.79 Å². The van der Waals surface area contributed by atoms with Crippen molar-refractivity contribution in [3.05, 3.63) is 29.8 Å². The average molecular weight is 243 g/mol. The first kappa shape index (κ1) is 11.8. The summed E-state index contributed by atoms with van der Waals surface area (Å²) < 4.78 is 0. The molecule has 0 N–H and O–H groups in total. The lowest BCUT2D eigenvalue weighted by atomic mass is 9.94. The lowest BCUT2D eigenvalue weighted by Crippen LogP contribution is -2.36. The molecule has 1 saturated carbocycles. The number of hydrogen-bond donors (Lipinski definition) is 0. The van der Waals surface area contributed by atoms with Crippen LogP contribution in [0, 0.1) is 0 Å². The fraction of sp³-hybridized carbons (Fsp3) is 0.562. The summed E-state index contributed by atoms with van der Waals surface area (Å²) in [5.74, 6) is 0.406. The number of Topliss-reactive ketones (excluding diaryl/α,β-unsaturated/α-hetero) is 1. The van der Waals surface area contributed by atoms with Gasteiger partial charge in [0.2, 0.25) is 0 Å². The molecular weight excluding hydrogens is 222 g/mol. The second kappa shape index (κ2) is 4.75. The van der Waals surface area contributed by atoms with Crippen LogP contribution in [0.1, 0.15) is 50.5 Å². The Morgan fingerprint density at radius 1 is 1.17 bits per heavy atom. The fourth-order valence-corrected chi connectivity index (χ4v) is 3.52. The molecule has 0 saturated heterocycles. The maximum Gasteiger partial charge on any atom is 0.139 e. The highest BCUT2D eigenvalue weighted by molar-refractivity contribution is 5.88. The molecule has 0 aromatic heterocycles. The smallest absolute Gasteiger partial charge is 0.139 e. The molecule has 1 heterocycles. The van der Waals surface area contributed by atoms with E-state index in [1.165, 1.54) is 43.4 Å². The van der Waals surface area contributed by atoms with E-state index in [0.717, 1.165) is 6.54 Å². The number of anilines is 1. The summed E-state index contributed by atoms with van der Waals surface area (Å²) in [6.07, 6.45) is 6.64. The first-order valence-corrected chi connectivity index (χ1v) is 7.13. The van der Waals surface area contributed by atoms with Crippen molar-refractivity contribution in [2.45, 2.75) is 51.0 Å². The fourth-order valence-electron chi connectivity index (χ4n) is 3.52. The van der Waals surface area contributed by atoms with Crippen LogP contribution in [0.15, 0.2) is 24.3 Å². The molecule has 3 rings (SSSR count). The van der Waals surface area contributed by atoms with Gasteiger partial charge in [-0.25, -0.2) is 0 Å². The van der Waals surface area contributed by atoms with Gasteiger partial charge in [0.25, 0.3) is 0 Å². The monoisotopic (exact) mass is 243 g/mol. The first-order chi connectivity index (χ1) is 8.77. The molecule has 2 nitrogen and oxygen atoms in total. The quantitative estimate of drug-likeness (QED) is 0.792. The van der Waals surface area contributed by atoms with E-state index in [-0.39, 0.29) is 5.92 Å². The Hall–Kier alpha value is -1.31. The molecule has 18 heavy (non-hydrogen) atoms. The standard InChI is InChI=1S/C16H21NO/c1-12(18)15-11-17(13-7-3-2-4-8-13)16-10-6-5-9-14(15)16/h5-6,9-10,13,15H,2-4,7-8,11H2,1H3. The largest absolute Gasteiger partial charge is 0.367 e. The first-order valence-electron chi connectivity index (χ1n) is 7.13. The lowest BCUT2D eigenvalue weighted by Gasteiger charge is -2.33. The molecule has 0 spiro atoms. The molecule has 2 heteroatoms. The van der Waals surface area contributed by atoms with Gasteiger partial charge in [-0.1, -0.05) is 37.5 Å². The minimum absolute atomic E-state index is 0.100. The van der Waals surface area contributed by atoms with Crippen LogP contribution in [0.5, 0.6) is 0 Å². The predicted octanol–water partition coefficient (Wildman–Crippen LogP) is 3.51. The number of hydrogen-bond acceptors (Lipinski definition) is 2. The normalized spacial score (nSPS) is 24.1. The Morgan fingerprint density at radius 2 is 1.89 bits per heavy atom. The summed E-state index contributed by atoms with van der Waals surface area (Å²) in [4.78, 5) is 14.3. The van der Waals surface area contributed by atoms with Crippen LogP contribution in [0.4, 0.5) is 5.69 Å². The molecule has 2 aliphatic rings. The van der Waals surface area contributed by atoms with Crippen molar-refractivity contribution in [2.75, 3.05) is 11.4 Å². The topological polar surface area (TPSA) is 20.3 Å². The Bertz CT molecular complexity index is 448.